The summed E-state index contributed by atoms with van der Waals surface area (Å²) in [6.07, 6.45) is 8.99. The van der Waals surface area contributed by atoms with Crippen molar-refractivity contribution < 1.29 is 15.3 Å². The molecule has 0 aromatic rings. The van der Waals surface area contributed by atoms with Crippen LogP contribution in [0.2, 0.25) is 0 Å². The minimum absolute atomic E-state index is 0.0831. The van der Waals surface area contributed by atoms with Gasteiger partial charge in [-0.2, -0.15) is 0 Å². The Bertz CT molecular complexity index is 505. The summed E-state index contributed by atoms with van der Waals surface area (Å²) in [6.45, 7) is 6.53. The number of rotatable bonds is 1. The van der Waals surface area contributed by atoms with Gasteiger partial charge in [0.1, 0.15) is 0 Å². The summed E-state index contributed by atoms with van der Waals surface area (Å²) in [4.78, 5) is 0. The van der Waals surface area contributed by atoms with Crippen molar-refractivity contribution in [2.45, 2.75) is 96.4 Å². The van der Waals surface area contributed by atoms with E-state index in [1.165, 1.54) is 25.7 Å². The molecule has 4 saturated carbocycles. The van der Waals surface area contributed by atoms with Gasteiger partial charge < -0.3 is 15.3 Å². The fourth-order valence-corrected chi connectivity index (χ4v) is 7.97. The Labute approximate surface area is 146 Å². The first-order valence-electron chi connectivity index (χ1n) is 10.3. The third kappa shape index (κ3) is 2.07. The lowest BCUT2D eigenvalue weighted by Crippen LogP contribution is -2.59. The van der Waals surface area contributed by atoms with Crippen LogP contribution < -0.4 is 0 Å². The van der Waals surface area contributed by atoms with Crippen molar-refractivity contribution >= 4 is 0 Å². The number of hydrogen-bond donors (Lipinski definition) is 3. The van der Waals surface area contributed by atoms with Crippen molar-refractivity contribution in [1.29, 1.82) is 0 Å². The van der Waals surface area contributed by atoms with Gasteiger partial charge in [-0.15, -0.1) is 0 Å². The van der Waals surface area contributed by atoms with Crippen LogP contribution in [0.15, 0.2) is 0 Å². The zero-order valence-corrected chi connectivity index (χ0v) is 15.7. The summed E-state index contributed by atoms with van der Waals surface area (Å²) in [5.41, 5.74) is -0.641. The number of aliphatic hydroxyl groups excluding tert-OH is 2. The number of hydrogen-bond acceptors (Lipinski definition) is 3. The van der Waals surface area contributed by atoms with Crippen molar-refractivity contribution in [3.63, 3.8) is 0 Å². The highest BCUT2D eigenvalue weighted by Gasteiger charge is 2.65. The van der Waals surface area contributed by atoms with E-state index in [0.717, 1.165) is 38.0 Å². The highest BCUT2D eigenvalue weighted by molar-refractivity contribution is 5.15. The maximum absolute atomic E-state index is 11.3. The quantitative estimate of drug-likeness (QED) is 0.687. The first-order chi connectivity index (χ1) is 11.2. The average molecular weight is 337 g/mol. The van der Waals surface area contributed by atoms with E-state index in [1.54, 1.807) is 6.92 Å². The molecular weight excluding hydrogens is 300 g/mol. The summed E-state index contributed by atoms with van der Waals surface area (Å²) in [7, 11) is 0. The molecule has 0 bridgehead atoms. The van der Waals surface area contributed by atoms with E-state index in [1.807, 2.05) is 0 Å². The van der Waals surface area contributed by atoms with Gasteiger partial charge in [0.2, 0.25) is 0 Å². The molecule has 0 aliphatic heterocycles. The van der Waals surface area contributed by atoms with E-state index >= 15 is 0 Å². The molecule has 3 N–H and O–H groups in total. The maximum Gasteiger partial charge on any atom is 0.0958 e. The molecule has 0 saturated heterocycles. The van der Waals surface area contributed by atoms with Crippen LogP contribution in [0, 0.1) is 34.5 Å². The second-order valence-electron chi connectivity index (χ2n) is 10.2. The van der Waals surface area contributed by atoms with Crippen LogP contribution in [-0.4, -0.2) is 33.1 Å². The zero-order valence-electron chi connectivity index (χ0n) is 15.7. The molecule has 0 aromatic carbocycles. The standard InChI is InChI=1S/C21H36O3/c1-13(22)21(24)11-8-18-16-5-4-14-12-15(23)6-9-19(14,2)17(16)7-10-20(18,21)3/h13-18,22-24H,4-12H2,1-3H3/t13-,14-,15+,16+,17-,18+,19-,20+,21-/m0/s1. The van der Waals surface area contributed by atoms with Crippen molar-refractivity contribution in [2.75, 3.05) is 0 Å². The summed E-state index contributed by atoms with van der Waals surface area (Å²) >= 11 is 0. The molecular formula is C21H36O3. The molecule has 0 amide bonds. The van der Waals surface area contributed by atoms with Gasteiger partial charge in [-0.05, 0) is 93.8 Å². The Morgan fingerprint density at radius 2 is 1.62 bits per heavy atom. The molecule has 9 atom stereocenters. The van der Waals surface area contributed by atoms with Crippen LogP contribution in [-0.2, 0) is 0 Å². The molecule has 0 heterocycles. The van der Waals surface area contributed by atoms with E-state index in [0.29, 0.717) is 23.2 Å². The van der Waals surface area contributed by atoms with E-state index < -0.39 is 11.7 Å². The van der Waals surface area contributed by atoms with Crippen molar-refractivity contribution in [2.24, 2.45) is 34.5 Å². The van der Waals surface area contributed by atoms with Gasteiger partial charge >= 0.3 is 0 Å². The minimum Gasteiger partial charge on any atom is -0.393 e. The molecule has 0 unspecified atom stereocenters. The second kappa shape index (κ2) is 5.44. The number of aliphatic hydroxyl groups is 3. The summed E-state index contributed by atoms with van der Waals surface area (Å²) in [5, 5.41) is 31.7. The molecule has 4 aliphatic carbocycles. The van der Waals surface area contributed by atoms with Crippen molar-refractivity contribution in [3.05, 3.63) is 0 Å². The lowest BCUT2D eigenvalue weighted by Gasteiger charge is -2.61. The van der Waals surface area contributed by atoms with Crippen molar-refractivity contribution in [1.82, 2.24) is 0 Å². The Hall–Kier alpha value is -0.120. The molecule has 4 rings (SSSR count). The molecule has 0 aromatic heterocycles. The SMILES string of the molecule is C[C@H](O)[C@@]1(O)CC[C@@H]2[C@@H]3CC[C@H]4C[C@H](O)CC[C@]4(C)[C@H]3CC[C@]21C. The van der Waals surface area contributed by atoms with E-state index in [2.05, 4.69) is 13.8 Å². The van der Waals surface area contributed by atoms with E-state index in [9.17, 15) is 15.3 Å². The fraction of sp³-hybridized carbons (Fsp3) is 1.00. The van der Waals surface area contributed by atoms with Crippen molar-refractivity contribution in [3.8, 4) is 0 Å². The molecule has 4 fully saturated rings. The Morgan fingerprint density at radius 3 is 2.33 bits per heavy atom. The molecule has 4 aliphatic rings. The van der Waals surface area contributed by atoms with Crippen LogP contribution in [0.4, 0.5) is 0 Å². The molecule has 0 radical (unpaired) electrons. The topological polar surface area (TPSA) is 60.7 Å². The predicted octanol–water partition coefficient (Wildman–Crippen LogP) is 3.50. The Balaban J connectivity index is 1.63. The molecule has 138 valence electrons. The van der Waals surface area contributed by atoms with Crippen LogP contribution in [0.25, 0.3) is 0 Å². The fourth-order valence-electron chi connectivity index (χ4n) is 7.97. The molecule has 3 heteroatoms. The van der Waals surface area contributed by atoms with E-state index in [4.69, 9.17) is 0 Å². The first kappa shape index (κ1) is 17.3. The lowest BCUT2D eigenvalue weighted by molar-refractivity contribution is -0.186. The Kier molecular flexibility index (Phi) is 3.92. The van der Waals surface area contributed by atoms with Gasteiger partial charge in [0.25, 0.3) is 0 Å². The van der Waals surface area contributed by atoms with Crippen LogP contribution in [0.1, 0.15) is 78.6 Å². The van der Waals surface area contributed by atoms with Gasteiger partial charge in [-0.3, -0.25) is 0 Å². The monoisotopic (exact) mass is 336 g/mol. The highest BCUT2D eigenvalue weighted by atomic mass is 16.3. The molecule has 0 spiro atoms. The highest BCUT2D eigenvalue weighted by Crippen LogP contribution is 2.68. The molecule has 3 nitrogen and oxygen atoms in total. The largest absolute Gasteiger partial charge is 0.393 e. The summed E-state index contributed by atoms with van der Waals surface area (Å²) in [5.74, 6) is 2.69. The normalized spacial score (nSPS) is 58.5. The van der Waals surface area contributed by atoms with Gasteiger partial charge in [-0.25, -0.2) is 0 Å². The Morgan fingerprint density at radius 1 is 0.917 bits per heavy atom. The zero-order chi connectivity index (χ0) is 17.3. The first-order valence-corrected chi connectivity index (χ1v) is 10.3. The molecule has 24 heavy (non-hydrogen) atoms. The third-order valence-electron chi connectivity index (χ3n) is 9.54. The second-order valence-corrected chi connectivity index (χ2v) is 10.2. The van der Waals surface area contributed by atoms with Gasteiger partial charge in [0.05, 0.1) is 17.8 Å². The van der Waals surface area contributed by atoms with Crippen LogP contribution in [0.5, 0.6) is 0 Å². The minimum atomic E-state index is -0.900. The summed E-state index contributed by atoms with van der Waals surface area (Å²) < 4.78 is 0. The number of fused-ring (bicyclic) bond motifs is 5. The van der Waals surface area contributed by atoms with Crippen LogP contribution >= 0.6 is 0 Å². The maximum atomic E-state index is 11.3. The van der Waals surface area contributed by atoms with Gasteiger partial charge in [0.15, 0.2) is 0 Å². The predicted molar refractivity (Wildman–Crippen MR) is 94.4 cm³/mol. The van der Waals surface area contributed by atoms with Gasteiger partial charge in [-0.1, -0.05) is 13.8 Å². The smallest absolute Gasteiger partial charge is 0.0958 e. The van der Waals surface area contributed by atoms with Crippen LogP contribution in [0.3, 0.4) is 0 Å². The average Bonchev–Trinajstić information content (AvgIpc) is 2.81. The third-order valence-corrected chi connectivity index (χ3v) is 9.54. The summed E-state index contributed by atoms with van der Waals surface area (Å²) in [6, 6.07) is 0. The van der Waals surface area contributed by atoms with E-state index in [-0.39, 0.29) is 11.5 Å². The lowest BCUT2D eigenvalue weighted by atomic mass is 9.44. The van der Waals surface area contributed by atoms with Gasteiger partial charge in [0, 0.05) is 5.41 Å².